The van der Waals surface area contributed by atoms with Crippen LogP contribution in [0.2, 0.25) is 0 Å². The molecule has 1 amide bonds. The molecule has 5 N–H and O–H groups in total. The Hall–Kier alpha value is -4.55. The van der Waals surface area contributed by atoms with E-state index in [1.807, 2.05) is 103 Å². The van der Waals surface area contributed by atoms with Gasteiger partial charge in [-0.3, -0.25) is 0 Å². The number of alkyl carbamates (subject to hydrolysis) is 1. The van der Waals surface area contributed by atoms with Crippen LogP contribution in [-0.2, 0) is 17.8 Å². The minimum absolute atomic E-state index is 0.0190. The third-order valence-electron chi connectivity index (χ3n) is 5.25. The number of nitrogens with zero attached hydrogens (tertiary/aromatic N) is 1. The minimum Gasteiger partial charge on any atom is -0.445 e. The predicted molar refractivity (Wildman–Crippen MR) is 150 cm³/mol. The Morgan fingerprint density at radius 2 is 1.26 bits per heavy atom. The van der Waals surface area contributed by atoms with Crippen LogP contribution in [0, 0.1) is 0 Å². The number of aliphatic imine (C=N–C) groups is 1. The fraction of sp³-hybridized carbons (Fsp3) is 0.103. The van der Waals surface area contributed by atoms with Gasteiger partial charge in [-0.25, -0.2) is 9.79 Å². The van der Waals surface area contributed by atoms with Crippen LogP contribution >= 0.6 is 8.38 Å². The van der Waals surface area contributed by atoms with Crippen molar-refractivity contribution in [3.8, 4) is 11.5 Å². The van der Waals surface area contributed by atoms with Gasteiger partial charge in [-0.1, -0.05) is 78.9 Å². The van der Waals surface area contributed by atoms with Gasteiger partial charge in [0.1, 0.15) is 23.9 Å². The van der Waals surface area contributed by atoms with E-state index in [4.69, 9.17) is 25.3 Å². The third-order valence-corrected chi connectivity index (χ3v) is 6.85. The zero-order valence-corrected chi connectivity index (χ0v) is 21.5. The molecule has 0 aliphatic heterocycles. The highest BCUT2D eigenvalue weighted by atomic mass is 31.2. The van der Waals surface area contributed by atoms with E-state index in [9.17, 15) is 4.79 Å². The van der Waals surface area contributed by atoms with Crippen LogP contribution in [0.25, 0.3) is 0 Å². The van der Waals surface area contributed by atoms with Crippen molar-refractivity contribution in [2.24, 2.45) is 16.5 Å². The molecule has 0 saturated heterocycles. The lowest BCUT2D eigenvalue weighted by molar-refractivity contribution is 0.138. The Morgan fingerprint density at radius 1 is 0.737 bits per heavy atom. The maximum Gasteiger partial charge on any atom is 0.408 e. The summed E-state index contributed by atoms with van der Waals surface area (Å²) in [5, 5.41) is 2.97. The quantitative estimate of drug-likeness (QED) is 0.127. The second kappa shape index (κ2) is 13.7. The van der Waals surface area contributed by atoms with Crippen LogP contribution in [0.15, 0.2) is 120 Å². The summed E-state index contributed by atoms with van der Waals surface area (Å²) in [6.07, 6.45) is -0.162. The zero-order chi connectivity index (χ0) is 26.6. The van der Waals surface area contributed by atoms with Crippen molar-refractivity contribution in [1.82, 2.24) is 5.32 Å². The number of hydrogen-bond acceptors (Lipinski definition) is 5. The van der Waals surface area contributed by atoms with E-state index >= 15 is 0 Å². The molecule has 38 heavy (non-hydrogen) atoms. The normalized spacial score (nSPS) is 11.3. The number of para-hydroxylation sites is 2. The first-order valence-corrected chi connectivity index (χ1v) is 13.2. The van der Waals surface area contributed by atoms with Gasteiger partial charge in [-0.15, -0.1) is 0 Å². The van der Waals surface area contributed by atoms with Crippen LogP contribution in [0.4, 0.5) is 10.5 Å². The number of rotatable bonds is 11. The van der Waals surface area contributed by atoms with Crippen molar-refractivity contribution in [1.29, 1.82) is 0 Å². The van der Waals surface area contributed by atoms with E-state index in [-0.39, 0.29) is 12.6 Å². The predicted octanol–water partition coefficient (Wildman–Crippen LogP) is 5.86. The maximum absolute atomic E-state index is 12.9. The number of ether oxygens (including phenoxy) is 1. The third kappa shape index (κ3) is 8.54. The molecule has 0 bridgehead atoms. The van der Waals surface area contributed by atoms with E-state index in [1.165, 1.54) is 0 Å². The van der Waals surface area contributed by atoms with E-state index in [2.05, 4.69) is 10.3 Å². The van der Waals surface area contributed by atoms with Gasteiger partial charge in [0.15, 0.2) is 5.96 Å². The van der Waals surface area contributed by atoms with Crippen LogP contribution in [-0.4, -0.2) is 17.8 Å². The second-order valence-corrected chi connectivity index (χ2v) is 9.78. The molecule has 1 unspecified atom stereocenters. The molecule has 0 radical (unpaired) electrons. The summed E-state index contributed by atoms with van der Waals surface area (Å²) in [6, 6.07) is 35.6. The van der Waals surface area contributed by atoms with Crippen molar-refractivity contribution in [2.45, 2.75) is 18.8 Å². The molecule has 4 rings (SSSR count). The monoisotopic (exact) mass is 528 g/mol. The van der Waals surface area contributed by atoms with Crippen LogP contribution in [0.3, 0.4) is 0 Å². The number of nitrogens with two attached hydrogens (primary N) is 2. The summed E-state index contributed by atoms with van der Waals surface area (Å²) in [5.41, 5.74) is 13.4. The fourth-order valence-corrected chi connectivity index (χ4v) is 5.00. The Morgan fingerprint density at radius 3 is 1.79 bits per heavy atom. The van der Waals surface area contributed by atoms with Crippen LogP contribution in [0.5, 0.6) is 11.5 Å². The summed E-state index contributed by atoms with van der Waals surface area (Å²) in [6.45, 7) is 0.142. The lowest BCUT2D eigenvalue weighted by Crippen LogP contribution is -2.37. The minimum atomic E-state index is -1.70. The number of carbonyl (C=O) groups excluding carboxylic acids is 1. The number of benzene rings is 4. The maximum atomic E-state index is 12.9. The molecule has 0 heterocycles. The summed E-state index contributed by atoms with van der Waals surface area (Å²) >= 11 is 0. The van der Waals surface area contributed by atoms with E-state index in [0.717, 1.165) is 11.1 Å². The molecule has 0 aromatic heterocycles. The summed E-state index contributed by atoms with van der Waals surface area (Å²) < 4.78 is 18.1. The highest BCUT2D eigenvalue weighted by molar-refractivity contribution is 7.49. The lowest BCUT2D eigenvalue weighted by Gasteiger charge is -2.27. The molecule has 0 aliphatic rings. The Bertz CT molecular complexity index is 1260. The number of amides is 1. The molecular weight excluding hydrogens is 499 g/mol. The van der Waals surface area contributed by atoms with Gasteiger partial charge in [0, 0.05) is 6.42 Å². The SMILES string of the molecule is NC(N)=Nc1ccc(CC(NC(=O)OCc2ccccc2)P(Oc2ccccc2)Oc2ccccc2)cc1. The molecule has 8 nitrogen and oxygen atoms in total. The van der Waals surface area contributed by atoms with Gasteiger partial charge < -0.3 is 30.6 Å². The first-order valence-electron chi connectivity index (χ1n) is 12.0. The molecule has 0 aliphatic carbocycles. The topological polar surface area (TPSA) is 121 Å². The number of guanidine groups is 1. The summed E-state index contributed by atoms with van der Waals surface area (Å²) in [7, 11) is -1.70. The van der Waals surface area contributed by atoms with Gasteiger partial charge in [-0.2, -0.15) is 0 Å². The molecule has 4 aromatic rings. The first-order chi connectivity index (χ1) is 18.5. The van der Waals surface area contributed by atoms with Crippen molar-refractivity contribution in [3.05, 3.63) is 126 Å². The molecular formula is C29H29N4O4P. The first kappa shape index (κ1) is 26.5. The molecule has 0 spiro atoms. The number of carbonyl (C=O) groups is 1. The molecule has 0 fully saturated rings. The molecule has 9 heteroatoms. The van der Waals surface area contributed by atoms with E-state index < -0.39 is 20.3 Å². The molecule has 1 atom stereocenters. The number of nitrogens with one attached hydrogen (secondary N) is 1. The van der Waals surface area contributed by atoms with Crippen molar-refractivity contribution in [2.75, 3.05) is 0 Å². The Balaban J connectivity index is 1.57. The van der Waals surface area contributed by atoms with Gasteiger partial charge in [0.05, 0.1) is 5.69 Å². The lowest BCUT2D eigenvalue weighted by atomic mass is 10.1. The van der Waals surface area contributed by atoms with Gasteiger partial charge in [0.2, 0.25) is 0 Å². The summed E-state index contributed by atoms with van der Waals surface area (Å²) in [5.74, 6) is 0.682. The average molecular weight is 529 g/mol. The van der Waals surface area contributed by atoms with Gasteiger partial charge in [0.25, 0.3) is 0 Å². The van der Waals surface area contributed by atoms with Crippen LogP contribution in [0.1, 0.15) is 11.1 Å². The van der Waals surface area contributed by atoms with Gasteiger partial charge >= 0.3 is 14.5 Å². The summed E-state index contributed by atoms with van der Waals surface area (Å²) in [4.78, 5) is 17.0. The zero-order valence-electron chi connectivity index (χ0n) is 20.6. The Labute approximate surface area is 223 Å². The largest absolute Gasteiger partial charge is 0.445 e. The standard InChI is InChI=1S/C29H29N4O4P/c30-28(31)32-24-18-16-22(17-19-24)20-27(33-29(34)35-21-23-10-4-1-5-11-23)38(36-25-12-6-2-7-13-25)37-26-14-8-3-9-15-26/h1-19,27H,20-21H2,(H,33,34)(H4,30,31,32). The van der Waals surface area contributed by atoms with E-state index in [1.54, 1.807) is 12.1 Å². The molecule has 0 saturated carbocycles. The fourth-order valence-electron chi connectivity index (χ4n) is 3.47. The number of hydrogen-bond donors (Lipinski definition) is 3. The van der Waals surface area contributed by atoms with E-state index in [0.29, 0.717) is 23.6 Å². The van der Waals surface area contributed by atoms with Crippen molar-refractivity contribution < 1.29 is 18.6 Å². The molecule has 194 valence electrons. The van der Waals surface area contributed by atoms with Crippen LogP contribution < -0.4 is 25.8 Å². The highest BCUT2D eigenvalue weighted by Gasteiger charge is 2.30. The highest BCUT2D eigenvalue weighted by Crippen LogP contribution is 2.45. The smallest absolute Gasteiger partial charge is 0.408 e. The second-order valence-electron chi connectivity index (χ2n) is 8.22. The Kier molecular flexibility index (Phi) is 9.54. The molecule has 4 aromatic carbocycles. The van der Waals surface area contributed by atoms with Crippen molar-refractivity contribution >= 4 is 26.1 Å². The van der Waals surface area contributed by atoms with Gasteiger partial charge in [-0.05, 0) is 47.5 Å². The van der Waals surface area contributed by atoms with Crippen molar-refractivity contribution in [3.63, 3.8) is 0 Å². The average Bonchev–Trinajstić information content (AvgIpc) is 2.94.